The van der Waals surface area contributed by atoms with Gasteiger partial charge in [-0.2, -0.15) is 0 Å². The standard InChI is InChI=1S/C27H28ClN3O4/c1-34-25-15-20(9-12-24(25)35-17-18-7-10-21(28)11-8-18)27(33)30-22-5-2-4-19(14-22)16-31-13-3-6-23(31)26(29)32/h2,4-5,7-12,14-15,23H,3,6,13,16-17H2,1H3,(H2,29,32)(H,30,33). The first-order chi connectivity index (χ1) is 16.9. The number of halogens is 1. The highest BCUT2D eigenvalue weighted by molar-refractivity contribution is 6.30. The second-order valence-corrected chi connectivity index (χ2v) is 8.90. The number of anilines is 1. The maximum Gasteiger partial charge on any atom is 0.255 e. The van der Waals surface area contributed by atoms with Crippen molar-refractivity contribution in [3.8, 4) is 11.5 Å². The minimum Gasteiger partial charge on any atom is -0.493 e. The number of methoxy groups -OCH3 is 1. The van der Waals surface area contributed by atoms with E-state index < -0.39 is 0 Å². The number of nitrogens with two attached hydrogens (primary N) is 1. The van der Waals surface area contributed by atoms with Gasteiger partial charge >= 0.3 is 0 Å². The zero-order valence-corrected chi connectivity index (χ0v) is 20.3. The van der Waals surface area contributed by atoms with E-state index in [0.29, 0.717) is 40.9 Å². The molecule has 1 atom stereocenters. The Balaban J connectivity index is 1.40. The van der Waals surface area contributed by atoms with Crippen LogP contribution in [0.5, 0.6) is 11.5 Å². The van der Waals surface area contributed by atoms with Gasteiger partial charge in [-0.05, 0) is 73.0 Å². The number of rotatable bonds is 9. The number of amides is 2. The number of ether oxygens (including phenoxy) is 2. The minimum atomic E-state index is -0.290. The van der Waals surface area contributed by atoms with Crippen LogP contribution >= 0.6 is 11.6 Å². The van der Waals surface area contributed by atoms with Crippen LogP contribution in [0, 0.1) is 0 Å². The molecule has 1 saturated heterocycles. The van der Waals surface area contributed by atoms with Gasteiger partial charge in [0.15, 0.2) is 11.5 Å². The summed E-state index contributed by atoms with van der Waals surface area (Å²) in [7, 11) is 1.54. The molecule has 0 bridgehead atoms. The van der Waals surface area contributed by atoms with Gasteiger partial charge in [0.05, 0.1) is 13.2 Å². The lowest BCUT2D eigenvalue weighted by molar-refractivity contribution is -0.122. The SMILES string of the molecule is COc1cc(C(=O)Nc2cccc(CN3CCCC3C(N)=O)c2)ccc1OCc1ccc(Cl)cc1. The summed E-state index contributed by atoms with van der Waals surface area (Å²) in [5.41, 5.74) is 8.61. The second kappa shape index (κ2) is 11.3. The molecule has 182 valence electrons. The van der Waals surface area contributed by atoms with Crippen LogP contribution in [0.4, 0.5) is 5.69 Å². The third-order valence-corrected chi connectivity index (χ3v) is 6.25. The summed E-state index contributed by atoms with van der Waals surface area (Å²) in [5, 5.41) is 3.60. The van der Waals surface area contributed by atoms with Gasteiger partial charge in [0.1, 0.15) is 6.61 Å². The van der Waals surface area contributed by atoms with Crippen molar-refractivity contribution in [2.45, 2.75) is 32.0 Å². The number of likely N-dealkylation sites (tertiary alicyclic amines) is 1. The molecule has 35 heavy (non-hydrogen) atoms. The summed E-state index contributed by atoms with van der Waals surface area (Å²) in [6, 6.07) is 19.8. The normalized spacial score (nSPS) is 15.5. The van der Waals surface area contributed by atoms with E-state index in [2.05, 4.69) is 10.2 Å². The third-order valence-electron chi connectivity index (χ3n) is 6.00. The van der Waals surface area contributed by atoms with E-state index >= 15 is 0 Å². The zero-order chi connectivity index (χ0) is 24.8. The Bertz CT molecular complexity index is 1200. The summed E-state index contributed by atoms with van der Waals surface area (Å²) in [4.78, 5) is 26.7. The van der Waals surface area contributed by atoms with Crippen LogP contribution in [0.2, 0.25) is 5.02 Å². The number of carbonyl (C=O) groups is 2. The average molecular weight is 494 g/mol. The molecule has 2 amide bonds. The maximum atomic E-state index is 12.9. The molecule has 7 nitrogen and oxygen atoms in total. The number of nitrogens with zero attached hydrogens (tertiary/aromatic N) is 1. The van der Waals surface area contributed by atoms with E-state index in [1.807, 2.05) is 36.4 Å². The zero-order valence-electron chi connectivity index (χ0n) is 19.5. The van der Waals surface area contributed by atoms with Crippen molar-refractivity contribution in [3.63, 3.8) is 0 Å². The topological polar surface area (TPSA) is 93.9 Å². The Morgan fingerprint density at radius 2 is 1.86 bits per heavy atom. The summed E-state index contributed by atoms with van der Waals surface area (Å²) in [5.74, 6) is 0.449. The third kappa shape index (κ3) is 6.32. The monoisotopic (exact) mass is 493 g/mol. The molecule has 3 N–H and O–H groups in total. The minimum absolute atomic E-state index is 0.235. The molecule has 0 aliphatic carbocycles. The molecule has 1 unspecified atom stereocenters. The van der Waals surface area contributed by atoms with Gasteiger partial charge < -0.3 is 20.5 Å². The number of hydrogen-bond donors (Lipinski definition) is 2. The number of carbonyl (C=O) groups excluding carboxylic acids is 2. The van der Waals surface area contributed by atoms with Gasteiger partial charge in [0.2, 0.25) is 5.91 Å². The van der Waals surface area contributed by atoms with Crippen molar-refractivity contribution in [2.24, 2.45) is 5.73 Å². The fourth-order valence-electron chi connectivity index (χ4n) is 4.19. The van der Waals surface area contributed by atoms with Gasteiger partial charge in [-0.25, -0.2) is 0 Å². The molecule has 3 aromatic carbocycles. The van der Waals surface area contributed by atoms with Gasteiger partial charge in [-0.1, -0.05) is 35.9 Å². The molecule has 1 fully saturated rings. The Hall–Kier alpha value is -3.55. The van der Waals surface area contributed by atoms with Crippen molar-refractivity contribution in [3.05, 3.63) is 88.4 Å². The number of hydrogen-bond acceptors (Lipinski definition) is 5. The Kier molecular flexibility index (Phi) is 7.90. The van der Waals surface area contributed by atoms with Crippen molar-refractivity contribution in [1.29, 1.82) is 0 Å². The van der Waals surface area contributed by atoms with Crippen LogP contribution in [-0.4, -0.2) is 36.4 Å². The smallest absolute Gasteiger partial charge is 0.255 e. The van der Waals surface area contributed by atoms with Gasteiger partial charge in [0, 0.05) is 22.8 Å². The number of primary amides is 1. The largest absolute Gasteiger partial charge is 0.493 e. The maximum absolute atomic E-state index is 12.9. The lowest BCUT2D eigenvalue weighted by Crippen LogP contribution is -2.39. The van der Waals surface area contributed by atoms with E-state index in [4.69, 9.17) is 26.8 Å². The van der Waals surface area contributed by atoms with Gasteiger partial charge in [0.25, 0.3) is 5.91 Å². The van der Waals surface area contributed by atoms with E-state index in [1.165, 1.54) is 7.11 Å². The molecule has 0 saturated carbocycles. The Morgan fingerprint density at radius 1 is 1.06 bits per heavy atom. The summed E-state index contributed by atoms with van der Waals surface area (Å²) in [6.07, 6.45) is 1.73. The second-order valence-electron chi connectivity index (χ2n) is 8.47. The Morgan fingerprint density at radius 3 is 2.60 bits per heavy atom. The summed E-state index contributed by atoms with van der Waals surface area (Å²) < 4.78 is 11.3. The average Bonchev–Trinajstić information content (AvgIpc) is 3.32. The van der Waals surface area contributed by atoms with Crippen LogP contribution in [0.1, 0.15) is 34.3 Å². The van der Waals surface area contributed by atoms with Crippen molar-refractivity contribution in [1.82, 2.24) is 4.90 Å². The Labute approximate surface area is 209 Å². The number of benzene rings is 3. The van der Waals surface area contributed by atoms with Crippen molar-refractivity contribution >= 4 is 29.1 Å². The van der Waals surface area contributed by atoms with E-state index in [0.717, 1.165) is 30.5 Å². The molecule has 1 aliphatic rings. The predicted molar refractivity (Wildman–Crippen MR) is 136 cm³/mol. The van der Waals surface area contributed by atoms with Gasteiger partial charge in [-0.15, -0.1) is 0 Å². The molecule has 8 heteroatoms. The highest BCUT2D eigenvalue weighted by Crippen LogP contribution is 2.29. The molecule has 1 aliphatic heterocycles. The van der Waals surface area contributed by atoms with E-state index in [1.54, 1.807) is 30.3 Å². The molecule has 4 rings (SSSR count). The molecular weight excluding hydrogens is 466 g/mol. The first kappa shape index (κ1) is 24.6. The van der Waals surface area contributed by atoms with Crippen molar-refractivity contribution in [2.75, 3.05) is 19.0 Å². The molecule has 3 aromatic rings. The lowest BCUT2D eigenvalue weighted by Gasteiger charge is -2.22. The molecule has 0 spiro atoms. The van der Waals surface area contributed by atoms with Crippen LogP contribution in [0.3, 0.4) is 0 Å². The van der Waals surface area contributed by atoms with E-state index in [9.17, 15) is 9.59 Å². The van der Waals surface area contributed by atoms with Crippen LogP contribution < -0.4 is 20.5 Å². The van der Waals surface area contributed by atoms with E-state index in [-0.39, 0.29) is 17.9 Å². The fraction of sp³-hybridized carbons (Fsp3) is 0.259. The summed E-state index contributed by atoms with van der Waals surface area (Å²) >= 11 is 5.93. The highest BCUT2D eigenvalue weighted by atomic mass is 35.5. The number of nitrogens with one attached hydrogen (secondary N) is 1. The quantitative estimate of drug-likeness (QED) is 0.453. The lowest BCUT2D eigenvalue weighted by atomic mass is 10.1. The van der Waals surface area contributed by atoms with Crippen LogP contribution in [0.25, 0.3) is 0 Å². The van der Waals surface area contributed by atoms with Crippen LogP contribution in [-0.2, 0) is 17.9 Å². The van der Waals surface area contributed by atoms with Crippen LogP contribution in [0.15, 0.2) is 66.7 Å². The first-order valence-corrected chi connectivity index (χ1v) is 11.8. The first-order valence-electron chi connectivity index (χ1n) is 11.4. The predicted octanol–water partition coefficient (Wildman–Crippen LogP) is 4.63. The fourth-order valence-corrected chi connectivity index (χ4v) is 4.32. The van der Waals surface area contributed by atoms with Crippen molar-refractivity contribution < 1.29 is 19.1 Å². The molecule has 0 radical (unpaired) electrons. The molecule has 0 aromatic heterocycles. The molecular formula is C27H28ClN3O4. The van der Waals surface area contributed by atoms with Gasteiger partial charge in [-0.3, -0.25) is 14.5 Å². The molecule has 1 heterocycles. The summed E-state index contributed by atoms with van der Waals surface area (Å²) in [6.45, 7) is 1.78. The highest BCUT2D eigenvalue weighted by Gasteiger charge is 2.28.